The minimum atomic E-state index is -4.51. The Hall–Kier alpha value is -2.02. The monoisotopic (exact) mass is 341 g/mol. The van der Waals surface area contributed by atoms with Crippen molar-refractivity contribution in [1.29, 1.82) is 0 Å². The van der Waals surface area contributed by atoms with Crippen molar-refractivity contribution in [2.24, 2.45) is 0 Å². The fraction of sp³-hybridized carbons (Fsp3) is 0.471. The molecule has 24 heavy (non-hydrogen) atoms. The Bertz CT molecular complexity index is 657. The second kappa shape index (κ2) is 6.47. The molecular formula is C17H18F3NO3. The van der Waals surface area contributed by atoms with Crippen LogP contribution in [-0.2, 0) is 15.7 Å². The number of aliphatic hydroxyl groups is 1. The summed E-state index contributed by atoms with van der Waals surface area (Å²) < 4.78 is 45.0. The zero-order valence-corrected chi connectivity index (χ0v) is 12.9. The van der Waals surface area contributed by atoms with Gasteiger partial charge in [0.05, 0.1) is 36.2 Å². The molecule has 1 saturated heterocycles. The van der Waals surface area contributed by atoms with Crippen LogP contribution in [0.1, 0.15) is 36.4 Å². The van der Waals surface area contributed by atoms with Gasteiger partial charge in [0.2, 0.25) is 0 Å². The second-order valence-corrected chi connectivity index (χ2v) is 6.07. The zero-order valence-electron chi connectivity index (χ0n) is 12.9. The number of hydrogen-bond acceptors (Lipinski definition) is 3. The molecule has 1 aromatic carbocycles. The van der Waals surface area contributed by atoms with Gasteiger partial charge in [-0.25, -0.2) is 0 Å². The van der Waals surface area contributed by atoms with Gasteiger partial charge in [-0.05, 0) is 30.9 Å². The van der Waals surface area contributed by atoms with E-state index in [1.54, 1.807) is 0 Å². The highest BCUT2D eigenvalue weighted by Gasteiger charge is 2.42. The van der Waals surface area contributed by atoms with Gasteiger partial charge in [0.25, 0.3) is 5.91 Å². The van der Waals surface area contributed by atoms with E-state index >= 15 is 0 Å². The lowest BCUT2D eigenvalue weighted by Crippen LogP contribution is -2.34. The van der Waals surface area contributed by atoms with Crippen LogP contribution in [0.4, 0.5) is 13.2 Å². The van der Waals surface area contributed by atoms with Crippen molar-refractivity contribution in [3.05, 3.63) is 47.2 Å². The number of amides is 1. The van der Waals surface area contributed by atoms with E-state index in [1.807, 2.05) is 0 Å². The summed E-state index contributed by atoms with van der Waals surface area (Å²) in [6.45, 7) is 0.548. The van der Waals surface area contributed by atoms with Gasteiger partial charge in [-0.15, -0.1) is 0 Å². The first-order chi connectivity index (χ1) is 11.4. The maximum absolute atomic E-state index is 13.3. The molecule has 7 heteroatoms. The minimum Gasteiger partial charge on any atom is -0.501 e. The molecule has 1 amide bonds. The summed E-state index contributed by atoms with van der Waals surface area (Å²) in [7, 11) is 0. The fourth-order valence-electron chi connectivity index (χ4n) is 3.29. The number of aliphatic hydroxyl groups excluding tert-OH is 1. The Labute approximate surface area is 137 Å². The standard InChI is InChI=1S/C17H18F3NO3/c18-17(19,20)14-6-2-1-5-13(14)15-8-12(22)9-21(15)16(23)11-4-3-7-24-10-11/h1-2,5-6,10,12,15,22H,3-4,7-9H2/t12-,15+/m0/s1. The summed E-state index contributed by atoms with van der Waals surface area (Å²) in [5.41, 5.74) is -0.312. The highest BCUT2D eigenvalue weighted by Crippen LogP contribution is 2.41. The van der Waals surface area contributed by atoms with Crippen LogP contribution in [0.25, 0.3) is 0 Å². The normalized spacial score (nSPS) is 24.5. The molecule has 130 valence electrons. The van der Waals surface area contributed by atoms with Gasteiger partial charge in [0, 0.05) is 6.54 Å². The predicted octanol–water partition coefficient (Wildman–Crippen LogP) is 3.03. The van der Waals surface area contributed by atoms with Crippen molar-refractivity contribution in [3.8, 4) is 0 Å². The van der Waals surface area contributed by atoms with Gasteiger partial charge in [-0.1, -0.05) is 18.2 Å². The number of nitrogens with zero attached hydrogens (tertiary/aromatic N) is 1. The number of hydrogen-bond donors (Lipinski definition) is 1. The molecule has 0 saturated carbocycles. The number of β-amino-alcohol motifs (C(OH)–C–C–N with tert-alkyl or cyclic N) is 1. The van der Waals surface area contributed by atoms with Crippen molar-refractivity contribution < 1.29 is 27.8 Å². The number of rotatable bonds is 2. The third-order valence-corrected chi connectivity index (χ3v) is 4.37. The number of likely N-dealkylation sites (tertiary alicyclic amines) is 1. The second-order valence-electron chi connectivity index (χ2n) is 6.07. The van der Waals surface area contributed by atoms with Crippen molar-refractivity contribution in [1.82, 2.24) is 4.90 Å². The highest BCUT2D eigenvalue weighted by atomic mass is 19.4. The largest absolute Gasteiger partial charge is 0.501 e. The molecule has 2 heterocycles. The lowest BCUT2D eigenvalue weighted by Gasteiger charge is -2.28. The molecule has 0 aromatic heterocycles. The first-order valence-corrected chi connectivity index (χ1v) is 7.83. The summed E-state index contributed by atoms with van der Waals surface area (Å²) >= 11 is 0. The molecule has 0 spiro atoms. The van der Waals surface area contributed by atoms with E-state index in [0.29, 0.717) is 25.0 Å². The number of ether oxygens (including phenoxy) is 1. The van der Waals surface area contributed by atoms with Crippen LogP contribution in [0.2, 0.25) is 0 Å². The summed E-state index contributed by atoms with van der Waals surface area (Å²) in [4.78, 5) is 14.0. The molecule has 2 aliphatic heterocycles. The van der Waals surface area contributed by atoms with Crippen LogP contribution < -0.4 is 0 Å². The van der Waals surface area contributed by atoms with Crippen LogP contribution in [-0.4, -0.2) is 35.2 Å². The maximum atomic E-state index is 13.3. The third kappa shape index (κ3) is 3.26. The Morgan fingerprint density at radius 1 is 1.29 bits per heavy atom. The van der Waals surface area contributed by atoms with E-state index in [4.69, 9.17) is 4.74 Å². The SMILES string of the molecule is O=C(C1=COCCC1)N1C[C@@H](O)C[C@@H]1c1ccccc1C(F)(F)F. The average molecular weight is 341 g/mol. The van der Waals surface area contributed by atoms with Gasteiger partial charge in [0.1, 0.15) is 0 Å². The molecule has 1 fully saturated rings. The Balaban J connectivity index is 1.94. The van der Waals surface area contributed by atoms with Gasteiger partial charge in [-0.2, -0.15) is 13.2 Å². The molecule has 0 aliphatic carbocycles. The van der Waals surface area contributed by atoms with Crippen LogP contribution >= 0.6 is 0 Å². The zero-order chi connectivity index (χ0) is 17.3. The van der Waals surface area contributed by atoms with Crippen molar-refractivity contribution >= 4 is 5.91 Å². The van der Waals surface area contributed by atoms with Gasteiger partial charge < -0.3 is 14.7 Å². The van der Waals surface area contributed by atoms with E-state index in [0.717, 1.165) is 6.07 Å². The predicted molar refractivity (Wildman–Crippen MR) is 79.8 cm³/mol. The Kier molecular flexibility index (Phi) is 4.54. The molecule has 1 N–H and O–H groups in total. The molecule has 4 nitrogen and oxygen atoms in total. The smallest absolute Gasteiger partial charge is 0.416 e. The lowest BCUT2D eigenvalue weighted by molar-refractivity contribution is -0.139. The van der Waals surface area contributed by atoms with Crippen molar-refractivity contribution in [2.75, 3.05) is 13.2 Å². The van der Waals surface area contributed by atoms with Gasteiger partial charge >= 0.3 is 6.18 Å². The van der Waals surface area contributed by atoms with E-state index in [1.165, 1.54) is 29.4 Å². The van der Waals surface area contributed by atoms with Crippen LogP contribution in [0, 0.1) is 0 Å². The third-order valence-electron chi connectivity index (χ3n) is 4.37. The highest BCUT2D eigenvalue weighted by molar-refractivity contribution is 5.93. The van der Waals surface area contributed by atoms with E-state index in [2.05, 4.69) is 0 Å². The van der Waals surface area contributed by atoms with E-state index in [9.17, 15) is 23.1 Å². The number of benzene rings is 1. The topological polar surface area (TPSA) is 49.8 Å². The quantitative estimate of drug-likeness (QED) is 0.900. The number of alkyl halides is 3. The summed E-state index contributed by atoms with van der Waals surface area (Å²) in [5, 5.41) is 9.95. The molecule has 1 aromatic rings. The number of carbonyl (C=O) groups excluding carboxylic acids is 1. The first kappa shape index (κ1) is 16.8. The van der Waals surface area contributed by atoms with E-state index in [-0.39, 0.29) is 24.4 Å². The molecule has 0 bridgehead atoms. The van der Waals surface area contributed by atoms with E-state index < -0.39 is 23.9 Å². The Morgan fingerprint density at radius 3 is 2.71 bits per heavy atom. The van der Waals surface area contributed by atoms with Crippen LogP contribution in [0.15, 0.2) is 36.1 Å². The molecule has 0 unspecified atom stereocenters. The molecular weight excluding hydrogens is 323 g/mol. The summed E-state index contributed by atoms with van der Waals surface area (Å²) in [5.74, 6) is -0.367. The number of carbonyl (C=O) groups is 1. The van der Waals surface area contributed by atoms with Gasteiger partial charge in [0.15, 0.2) is 0 Å². The summed E-state index contributed by atoms with van der Waals surface area (Å²) in [6.07, 6.45) is -2.66. The Morgan fingerprint density at radius 2 is 2.04 bits per heavy atom. The van der Waals surface area contributed by atoms with Crippen molar-refractivity contribution in [2.45, 2.75) is 37.6 Å². The minimum absolute atomic E-state index is 0.0206. The molecule has 0 radical (unpaired) electrons. The lowest BCUT2D eigenvalue weighted by atomic mass is 9.97. The summed E-state index contributed by atoms with van der Waals surface area (Å²) in [6, 6.07) is 4.42. The average Bonchev–Trinajstić information content (AvgIpc) is 2.96. The van der Waals surface area contributed by atoms with Crippen LogP contribution in [0.5, 0.6) is 0 Å². The molecule has 3 rings (SSSR count). The van der Waals surface area contributed by atoms with Gasteiger partial charge in [-0.3, -0.25) is 4.79 Å². The van der Waals surface area contributed by atoms with Crippen molar-refractivity contribution in [3.63, 3.8) is 0 Å². The first-order valence-electron chi connectivity index (χ1n) is 7.83. The fourth-order valence-corrected chi connectivity index (χ4v) is 3.29. The maximum Gasteiger partial charge on any atom is 0.416 e. The van der Waals surface area contributed by atoms with Crippen LogP contribution in [0.3, 0.4) is 0 Å². The number of halogens is 3. The molecule has 2 aliphatic rings. The molecule has 2 atom stereocenters.